The van der Waals surface area contributed by atoms with Gasteiger partial charge in [-0.1, -0.05) is 19.6 Å². The van der Waals surface area contributed by atoms with Crippen LogP contribution in [0.1, 0.15) is 13.3 Å². The molecule has 0 aliphatic heterocycles. The predicted octanol–water partition coefficient (Wildman–Crippen LogP) is 4.19. The molecule has 0 aliphatic carbocycles. The molecule has 1 atom stereocenters. The van der Waals surface area contributed by atoms with Gasteiger partial charge in [-0.3, -0.25) is 4.79 Å². The van der Waals surface area contributed by atoms with Gasteiger partial charge in [-0.2, -0.15) is 0 Å². The number of amides is 1. The first kappa shape index (κ1) is 17.5. The fourth-order valence-corrected chi connectivity index (χ4v) is 2.01. The van der Waals surface area contributed by atoms with Crippen molar-refractivity contribution in [2.45, 2.75) is 19.4 Å². The minimum atomic E-state index is -0.660. The lowest BCUT2D eigenvalue weighted by molar-refractivity contribution is -0.122. The number of ether oxygens (including phenoxy) is 2. The van der Waals surface area contributed by atoms with E-state index in [0.717, 1.165) is 0 Å². The van der Waals surface area contributed by atoms with E-state index in [2.05, 4.69) is 11.9 Å². The zero-order valence-electron chi connectivity index (χ0n) is 13.5. The minimum Gasteiger partial charge on any atom is -0.490 e. The van der Waals surface area contributed by atoms with Gasteiger partial charge in [-0.15, -0.1) is 0 Å². The average Bonchev–Trinajstić information content (AvgIpc) is 2.60. The van der Waals surface area contributed by atoms with Gasteiger partial charge in [0, 0.05) is 5.69 Å². The predicted molar refractivity (Wildman–Crippen MR) is 91.9 cm³/mol. The van der Waals surface area contributed by atoms with Crippen molar-refractivity contribution in [2.24, 2.45) is 0 Å². The summed E-state index contributed by atoms with van der Waals surface area (Å²) in [6.07, 6.45) is 1.49. The van der Waals surface area contributed by atoms with Crippen LogP contribution in [0.3, 0.4) is 0 Å². The molecule has 0 heterocycles. The van der Waals surface area contributed by atoms with E-state index >= 15 is 0 Å². The smallest absolute Gasteiger partial charge is 0.265 e. The third-order valence-electron chi connectivity index (χ3n) is 3.24. The Morgan fingerprint density at radius 2 is 1.79 bits per heavy atom. The summed E-state index contributed by atoms with van der Waals surface area (Å²) < 4.78 is 23.9. The second-order valence-electron chi connectivity index (χ2n) is 5.08. The van der Waals surface area contributed by atoms with Crippen molar-refractivity contribution < 1.29 is 18.7 Å². The van der Waals surface area contributed by atoms with Gasteiger partial charge in [0.1, 0.15) is 23.9 Å². The zero-order chi connectivity index (χ0) is 17.4. The fraction of sp³-hybridized carbons (Fsp3) is 0.211. The van der Waals surface area contributed by atoms with Crippen molar-refractivity contribution in [2.75, 3.05) is 11.9 Å². The van der Waals surface area contributed by atoms with Gasteiger partial charge in [-0.05, 0) is 55.0 Å². The molecule has 1 amide bonds. The number of rotatable bonds is 8. The van der Waals surface area contributed by atoms with E-state index in [1.807, 2.05) is 6.92 Å². The molecule has 0 fully saturated rings. The van der Waals surface area contributed by atoms with Gasteiger partial charge in [0.15, 0.2) is 6.10 Å². The van der Waals surface area contributed by atoms with Crippen molar-refractivity contribution in [1.29, 1.82) is 0 Å². The summed E-state index contributed by atoms with van der Waals surface area (Å²) in [4.78, 5) is 12.3. The van der Waals surface area contributed by atoms with Crippen LogP contribution < -0.4 is 14.8 Å². The highest BCUT2D eigenvalue weighted by molar-refractivity contribution is 5.94. The SMILES string of the molecule is C=CCOc1ccc(NC(=O)[C@H](CC)Oc2ccc(F)cc2)cc1. The van der Waals surface area contributed by atoms with Gasteiger partial charge >= 0.3 is 0 Å². The highest BCUT2D eigenvalue weighted by Crippen LogP contribution is 2.18. The monoisotopic (exact) mass is 329 g/mol. The van der Waals surface area contributed by atoms with Crippen LogP contribution in [0.15, 0.2) is 61.2 Å². The maximum absolute atomic E-state index is 12.9. The van der Waals surface area contributed by atoms with E-state index < -0.39 is 6.10 Å². The molecule has 0 unspecified atom stereocenters. The maximum atomic E-state index is 12.9. The number of carbonyl (C=O) groups excluding carboxylic acids is 1. The Labute approximate surface area is 140 Å². The first-order valence-electron chi connectivity index (χ1n) is 7.69. The number of nitrogens with one attached hydrogen (secondary N) is 1. The summed E-state index contributed by atoms with van der Waals surface area (Å²) in [5.41, 5.74) is 0.645. The minimum absolute atomic E-state index is 0.262. The van der Waals surface area contributed by atoms with Crippen LogP contribution in [-0.2, 0) is 4.79 Å². The average molecular weight is 329 g/mol. The summed E-state index contributed by atoms with van der Waals surface area (Å²) in [5.74, 6) is 0.536. The third-order valence-corrected chi connectivity index (χ3v) is 3.24. The third kappa shape index (κ3) is 5.12. The molecule has 5 heteroatoms. The van der Waals surface area contributed by atoms with E-state index in [9.17, 15) is 9.18 Å². The van der Waals surface area contributed by atoms with E-state index in [-0.39, 0.29) is 11.7 Å². The molecule has 0 saturated carbocycles. The maximum Gasteiger partial charge on any atom is 0.265 e. The lowest BCUT2D eigenvalue weighted by atomic mass is 10.2. The van der Waals surface area contributed by atoms with Gasteiger partial charge < -0.3 is 14.8 Å². The van der Waals surface area contributed by atoms with Gasteiger partial charge in [0.25, 0.3) is 5.91 Å². The van der Waals surface area contributed by atoms with E-state index in [4.69, 9.17) is 9.47 Å². The summed E-state index contributed by atoms with van der Waals surface area (Å²) in [5, 5.41) is 2.79. The second-order valence-corrected chi connectivity index (χ2v) is 5.08. The lowest BCUT2D eigenvalue weighted by Crippen LogP contribution is -2.32. The summed E-state index contributed by atoms with van der Waals surface area (Å²) in [7, 11) is 0. The first-order valence-corrected chi connectivity index (χ1v) is 7.69. The number of benzene rings is 2. The molecule has 0 saturated heterocycles. The summed E-state index contributed by atoms with van der Waals surface area (Å²) in [6, 6.07) is 12.6. The van der Waals surface area contributed by atoms with Gasteiger partial charge in [0.2, 0.25) is 0 Å². The summed E-state index contributed by atoms with van der Waals surface area (Å²) >= 11 is 0. The Morgan fingerprint density at radius 3 is 2.38 bits per heavy atom. The Balaban J connectivity index is 1.95. The number of halogens is 1. The van der Waals surface area contributed by atoms with Crippen LogP contribution in [-0.4, -0.2) is 18.6 Å². The standard InChI is InChI=1S/C19H20FNO3/c1-3-13-23-16-11-7-15(8-12-16)21-19(22)18(4-2)24-17-9-5-14(20)6-10-17/h3,5-12,18H,1,4,13H2,2H3,(H,21,22)/t18-/m0/s1. The molecular weight excluding hydrogens is 309 g/mol. The van der Waals surface area contributed by atoms with Crippen LogP contribution in [0.5, 0.6) is 11.5 Å². The quantitative estimate of drug-likeness (QED) is 0.739. The first-order chi connectivity index (χ1) is 11.6. The molecule has 4 nitrogen and oxygen atoms in total. The highest BCUT2D eigenvalue weighted by atomic mass is 19.1. The van der Waals surface area contributed by atoms with E-state index in [0.29, 0.717) is 30.2 Å². The fourth-order valence-electron chi connectivity index (χ4n) is 2.01. The molecule has 2 rings (SSSR count). The van der Waals surface area contributed by atoms with Crippen LogP contribution in [0.2, 0.25) is 0 Å². The number of anilines is 1. The molecule has 0 spiro atoms. The lowest BCUT2D eigenvalue weighted by Gasteiger charge is -2.17. The number of hydrogen-bond acceptors (Lipinski definition) is 3. The van der Waals surface area contributed by atoms with E-state index in [1.165, 1.54) is 24.3 Å². The molecule has 2 aromatic rings. The Morgan fingerprint density at radius 1 is 1.17 bits per heavy atom. The molecule has 1 N–H and O–H groups in total. The molecule has 0 aromatic heterocycles. The molecule has 0 aliphatic rings. The van der Waals surface area contributed by atoms with Crippen molar-refractivity contribution in [3.63, 3.8) is 0 Å². The van der Waals surface area contributed by atoms with Crippen molar-refractivity contribution in [3.8, 4) is 11.5 Å². The van der Waals surface area contributed by atoms with Crippen LogP contribution in [0.4, 0.5) is 10.1 Å². The number of hydrogen-bond donors (Lipinski definition) is 1. The highest BCUT2D eigenvalue weighted by Gasteiger charge is 2.18. The van der Waals surface area contributed by atoms with Crippen LogP contribution >= 0.6 is 0 Å². The second kappa shape index (κ2) is 8.72. The molecular formula is C19H20FNO3. The Hall–Kier alpha value is -2.82. The van der Waals surface area contributed by atoms with E-state index in [1.54, 1.807) is 30.3 Å². The van der Waals surface area contributed by atoms with Gasteiger partial charge in [-0.25, -0.2) is 4.39 Å². The largest absolute Gasteiger partial charge is 0.490 e. The van der Waals surface area contributed by atoms with Gasteiger partial charge in [0.05, 0.1) is 0 Å². The summed E-state index contributed by atoms with van der Waals surface area (Å²) in [6.45, 7) is 5.86. The van der Waals surface area contributed by atoms with Crippen LogP contribution in [0.25, 0.3) is 0 Å². The molecule has 126 valence electrons. The van der Waals surface area contributed by atoms with Crippen molar-refractivity contribution in [3.05, 3.63) is 67.0 Å². The Kier molecular flexibility index (Phi) is 6.37. The number of carbonyl (C=O) groups is 1. The molecule has 0 radical (unpaired) electrons. The zero-order valence-corrected chi connectivity index (χ0v) is 13.5. The topological polar surface area (TPSA) is 47.6 Å². The molecule has 24 heavy (non-hydrogen) atoms. The molecule has 2 aromatic carbocycles. The normalized spacial score (nSPS) is 11.4. The van der Waals surface area contributed by atoms with Crippen LogP contribution in [0, 0.1) is 5.82 Å². The Bertz CT molecular complexity index is 668. The molecule has 0 bridgehead atoms. The van der Waals surface area contributed by atoms with Crippen molar-refractivity contribution in [1.82, 2.24) is 0 Å². The van der Waals surface area contributed by atoms with Crippen molar-refractivity contribution >= 4 is 11.6 Å².